The molecule has 0 spiro atoms. The van der Waals surface area contributed by atoms with Gasteiger partial charge >= 0.3 is 5.97 Å². The molecule has 7 nitrogen and oxygen atoms in total. The maximum atomic E-state index is 13.3. The van der Waals surface area contributed by atoms with Gasteiger partial charge in [-0.15, -0.1) is 11.3 Å². The first kappa shape index (κ1) is 20.1. The Kier molecular flexibility index (Phi) is 4.78. The van der Waals surface area contributed by atoms with Gasteiger partial charge < -0.3 is 5.11 Å². The molecule has 3 heterocycles. The fourth-order valence-corrected chi connectivity index (χ4v) is 6.67. The largest absolute Gasteiger partial charge is 0.479 e. The number of nitrogens with zero attached hydrogens (tertiary/aromatic N) is 1. The van der Waals surface area contributed by atoms with Crippen molar-refractivity contribution in [2.75, 3.05) is 6.54 Å². The summed E-state index contributed by atoms with van der Waals surface area (Å²) in [6.45, 7) is 0.380. The summed E-state index contributed by atoms with van der Waals surface area (Å²) in [7, 11) is -4.13. The van der Waals surface area contributed by atoms with Crippen molar-refractivity contribution in [1.29, 1.82) is 0 Å². The zero-order chi connectivity index (χ0) is 21.6. The summed E-state index contributed by atoms with van der Waals surface area (Å²) >= 11 is 1.52. The van der Waals surface area contributed by atoms with Crippen LogP contribution in [0.3, 0.4) is 0 Å². The van der Waals surface area contributed by atoms with Gasteiger partial charge in [-0.25, -0.2) is 13.2 Å². The van der Waals surface area contributed by atoms with Gasteiger partial charge in [0.05, 0.1) is 10.4 Å². The Morgan fingerprint density at radius 3 is 2.87 bits per heavy atom. The Hall–Kier alpha value is -2.85. The number of hydrogen-bond acceptors (Lipinski definition) is 6. The van der Waals surface area contributed by atoms with E-state index < -0.39 is 27.6 Å². The van der Waals surface area contributed by atoms with Crippen molar-refractivity contribution >= 4 is 48.3 Å². The van der Waals surface area contributed by atoms with Crippen LogP contribution in [0.15, 0.2) is 71.1 Å². The van der Waals surface area contributed by atoms with Crippen molar-refractivity contribution in [1.82, 2.24) is 15.0 Å². The summed E-state index contributed by atoms with van der Waals surface area (Å²) in [4.78, 5) is 16.7. The molecule has 2 aromatic heterocycles. The number of hydrogen-bond donors (Lipinski definition) is 3. The summed E-state index contributed by atoms with van der Waals surface area (Å²) in [6, 6.07) is 15.8. The van der Waals surface area contributed by atoms with Crippen LogP contribution in [-0.2, 0) is 14.8 Å². The molecule has 0 aliphatic carbocycles. The van der Waals surface area contributed by atoms with Crippen molar-refractivity contribution in [2.24, 2.45) is 0 Å². The van der Waals surface area contributed by atoms with E-state index in [1.807, 2.05) is 29.6 Å². The zero-order valence-corrected chi connectivity index (χ0v) is 17.9. The Morgan fingerprint density at radius 1 is 1.19 bits per heavy atom. The highest BCUT2D eigenvalue weighted by Crippen LogP contribution is 2.41. The molecule has 1 saturated heterocycles. The first-order valence-corrected chi connectivity index (χ1v) is 12.1. The lowest BCUT2D eigenvalue weighted by atomic mass is 9.87. The Balaban J connectivity index is 1.58. The molecule has 1 aliphatic rings. The summed E-state index contributed by atoms with van der Waals surface area (Å²) in [6.07, 6.45) is 2.13. The number of aliphatic carboxylic acids is 1. The lowest BCUT2D eigenvalue weighted by molar-refractivity contribution is -0.145. The first-order chi connectivity index (χ1) is 14.9. The lowest BCUT2D eigenvalue weighted by Gasteiger charge is -2.32. The minimum absolute atomic E-state index is 0.00347. The molecule has 5 rings (SSSR count). The molecule has 0 saturated carbocycles. The molecule has 9 heteroatoms. The smallest absolute Gasteiger partial charge is 0.340 e. The average Bonchev–Trinajstić information content (AvgIpc) is 3.37. The van der Waals surface area contributed by atoms with Gasteiger partial charge in [0.2, 0.25) is 10.0 Å². The van der Waals surface area contributed by atoms with Crippen molar-refractivity contribution < 1.29 is 18.3 Å². The molecule has 0 amide bonds. The van der Waals surface area contributed by atoms with Gasteiger partial charge in [0, 0.05) is 22.2 Å². The van der Waals surface area contributed by atoms with Gasteiger partial charge in [-0.05, 0) is 59.6 Å². The summed E-state index contributed by atoms with van der Waals surface area (Å²) in [5.41, 5.74) is -0.346. The number of pyridine rings is 1. The van der Waals surface area contributed by atoms with E-state index in [0.29, 0.717) is 23.9 Å². The second kappa shape index (κ2) is 7.38. The summed E-state index contributed by atoms with van der Waals surface area (Å²) < 4.78 is 30.1. The molecule has 31 heavy (non-hydrogen) atoms. The van der Waals surface area contributed by atoms with Crippen LogP contribution < -0.4 is 10.0 Å². The number of carboxylic acids is 1. The summed E-state index contributed by atoms with van der Waals surface area (Å²) in [5.74, 6) is -1.81. The van der Waals surface area contributed by atoms with Gasteiger partial charge in [0.1, 0.15) is 0 Å². The van der Waals surface area contributed by atoms with E-state index in [4.69, 9.17) is 0 Å². The third-order valence-electron chi connectivity index (χ3n) is 5.76. The normalized spacial score (nSPS) is 21.6. The van der Waals surface area contributed by atoms with Gasteiger partial charge in [0.25, 0.3) is 0 Å². The maximum absolute atomic E-state index is 13.3. The zero-order valence-electron chi connectivity index (χ0n) is 16.3. The predicted octanol–water partition coefficient (Wildman–Crippen LogP) is 3.29. The standard InChI is InChI=1S/C22H19N3O4S2/c26-21(27)22(18(9-11-24-22)17-13-30-20-6-2-1-5-16(17)20)25-31(28,29)15-7-8-19-14(12-15)4-3-10-23-19/h1-8,10,12-13,18,24-25H,9,11H2,(H,26,27)/t18?,22-/m1/s1. The lowest BCUT2D eigenvalue weighted by Crippen LogP contribution is -2.63. The van der Waals surface area contributed by atoms with E-state index in [9.17, 15) is 18.3 Å². The molecule has 2 aromatic carbocycles. The summed E-state index contributed by atoms with van der Waals surface area (Å²) in [5, 5.41) is 16.7. The molecule has 1 unspecified atom stereocenters. The van der Waals surface area contributed by atoms with Crippen LogP contribution in [-0.4, -0.2) is 36.7 Å². The highest BCUT2D eigenvalue weighted by molar-refractivity contribution is 7.89. The fourth-order valence-electron chi connectivity index (χ4n) is 4.28. The minimum atomic E-state index is -4.13. The SMILES string of the molecule is O=C(O)[C@@]1(NS(=O)(=O)c2ccc3ncccc3c2)NCCC1c1csc2ccccc12. The second-order valence-corrected chi connectivity index (χ2v) is 10.1. The van der Waals surface area contributed by atoms with E-state index in [1.165, 1.54) is 23.5 Å². The van der Waals surface area contributed by atoms with Crippen molar-refractivity contribution in [3.05, 3.63) is 71.7 Å². The highest BCUT2D eigenvalue weighted by Gasteiger charge is 2.53. The topological polar surface area (TPSA) is 108 Å². The fraction of sp³-hybridized carbons (Fsp3) is 0.182. The number of fused-ring (bicyclic) bond motifs is 2. The van der Waals surface area contributed by atoms with Gasteiger partial charge in [-0.1, -0.05) is 24.3 Å². The molecule has 0 bridgehead atoms. The quantitative estimate of drug-likeness (QED) is 0.428. The van der Waals surface area contributed by atoms with Crippen LogP contribution in [0.25, 0.3) is 21.0 Å². The maximum Gasteiger partial charge on any atom is 0.340 e. The number of thiophene rings is 1. The van der Waals surface area contributed by atoms with E-state index in [-0.39, 0.29) is 4.90 Å². The van der Waals surface area contributed by atoms with Crippen LogP contribution in [0.1, 0.15) is 17.9 Å². The number of rotatable bonds is 5. The van der Waals surface area contributed by atoms with Gasteiger partial charge in [-0.2, -0.15) is 4.72 Å². The Morgan fingerprint density at radius 2 is 2.03 bits per heavy atom. The predicted molar refractivity (Wildman–Crippen MR) is 120 cm³/mol. The molecule has 1 fully saturated rings. The second-order valence-electron chi connectivity index (χ2n) is 7.53. The van der Waals surface area contributed by atoms with Crippen LogP contribution in [0.2, 0.25) is 0 Å². The van der Waals surface area contributed by atoms with Gasteiger partial charge in [-0.3, -0.25) is 10.3 Å². The average molecular weight is 454 g/mol. The Bertz CT molecular complexity index is 1420. The molecule has 158 valence electrons. The molecular weight excluding hydrogens is 434 g/mol. The number of carbonyl (C=O) groups is 1. The van der Waals surface area contributed by atoms with Crippen LogP contribution in [0.5, 0.6) is 0 Å². The van der Waals surface area contributed by atoms with Crippen molar-refractivity contribution in [3.63, 3.8) is 0 Å². The minimum Gasteiger partial charge on any atom is -0.479 e. The molecular formula is C22H19N3O4S2. The van der Waals surface area contributed by atoms with E-state index >= 15 is 0 Å². The highest BCUT2D eigenvalue weighted by atomic mass is 32.2. The number of sulfonamides is 1. The van der Waals surface area contributed by atoms with Crippen LogP contribution in [0.4, 0.5) is 0 Å². The molecule has 2 atom stereocenters. The number of aromatic nitrogens is 1. The van der Waals surface area contributed by atoms with E-state index in [1.54, 1.807) is 24.4 Å². The Labute approximate surface area is 182 Å². The molecule has 0 radical (unpaired) electrons. The third-order valence-corrected chi connectivity index (χ3v) is 8.21. The van der Waals surface area contributed by atoms with Crippen molar-refractivity contribution in [3.8, 4) is 0 Å². The first-order valence-electron chi connectivity index (χ1n) is 9.74. The number of benzene rings is 2. The molecule has 3 N–H and O–H groups in total. The monoisotopic (exact) mass is 453 g/mol. The van der Waals surface area contributed by atoms with Crippen molar-refractivity contribution in [2.45, 2.75) is 22.9 Å². The molecule has 1 aliphatic heterocycles. The third kappa shape index (κ3) is 3.30. The van der Waals surface area contributed by atoms with E-state index in [0.717, 1.165) is 15.6 Å². The number of carboxylic acid groups (broad SMARTS) is 1. The molecule has 4 aromatic rings. The van der Waals surface area contributed by atoms with E-state index in [2.05, 4.69) is 15.0 Å². The van der Waals surface area contributed by atoms with Crippen LogP contribution in [0, 0.1) is 0 Å². The van der Waals surface area contributed by atoms with Crippen LogP contribution >= 0.6 is 11.3 Å². The number of nitrogens with one attached hydrogen (secondary N) is 2. The van der Waals surface area contributed by atoms with Gasteiger partial charge in [0.15, 0.2) is 5.66 Å².